The van der Waals surface area contributed by atoms with E-state index in [0.29, 0.717) is 0 Å². The first-order valence-corrected chi connectivity index (χ1v) is 5.60. The second-order valence-corrected chi connectivity index (χ2v) is 4.06. The molecule has 0 aliphatic carbocycles. The first-order valence-electron chi connectivity index (χ1n) is 5.60. The van der Waals surface area contributed by atoms with Crippen LogP contribution in [0.15, 0.2) is 41.5 Å². The fraction of sp³-hybridized carbons (Fsp3) is 0.214. The van der Waals surface area contributed by atoms with Crippen molar-refractivity contribution in [1.29, 1.82) is 0 Å². The Hall–Kier alpha value is -2.43. The molecule has 5 nitrogen and oxygen atoms in total. The Labute approximate surface area is 110 Å². The minimum Gasteiger partial charge on any atom is -0.545 e. The van der Waals surface area contributed by atoms with Crippen LogP contribution in [0.2, 0.25) is 0 Å². The van der Waals surface area contributed by atoms with Gasteiger partial charge in [-0.2, -0.15) is 0 Å². The molecule has 0 N–H and O–H groups in total. The van der Waals surface area contributed by atoms with Crippen molar-refractivity contribution < 1.29 is 24.6 Å². The zero-order valence-corrected chi connectivity index (χ0v) is 10.3. The highest BCUT2D eigenvalue weighted by molar-refractivity contribution is 6.01. The molecule has 1 rings (SSSR count). The Morgan fingerprint density at radius 3 is 2.05 bits per heavy atom. The van der Waals surface area contributed by atoms with E-state index in [2.05, 4.69) is 0 Å². The molecule has 0 aliphatic rings. The van der Waals surface area contributed by atoms with Gasteiger partial charge in [-0.05, 0) is 23.6 Å². The minimum atomic E-state index is -1.66. The lowest BCUT2D eigenvalue weighted by Gasteiger charge is -2.13. The van der Waals surface area contributed by atoms with Gasteiger partial charge >= 0.3 is 0 Å². The summed E-state index contributed by atoms with van der Waals surface area (Å²) >= 11 is 0. The molecular weight excluding hydrogens is 248 g/mol. The normalized spacial score (nSPS) is 11.6. The van der Waals surface area contributed by atoms with Gasteiger partial charge in [0, 0.05) is 12.8 Å². The second kappa shape index (κ2) is 6.49. The molecule has 0 heterocycles. The number of rotatable bonds is 6. The van der Waals surface area contributed by atoms with Gasteiger partial charge in [-0.1, -0.05) is 30.3 Å². The highest BCUT2D eigenvalue weighted by Crippen LogP contribution is 2.11. The van der Waals surface area contributed by atoms with Crippen LogP contribution in [0.3, 0.4) is 0 Å². The monoisotopic (exact) mass is 260 g/mol. The lowest BCUT2D eigenvalue weighted by atomic mass is 9.99. The van der Waals surface area contributed by atoms with Crippen molar-refractivity contribution in [3.8, 4) is 0 Å². The second-order valence-electron chi connectivity index (χ2n) is 4.06. The molecule has 0 fully saturated rings. The first-order chi connectivity index (χ1) is 8.91. The summed E-state index contributed by atoms with van der Waals surface area (Å²) in [6, 6.07) is 8.76. The summed E-state index contributed by atoms with van der Waals surface area (Å²) in [5, 5.41) is 21.4. The third-order valence-electron chi connectivity index (χ3n) is 2.62. The zero-order chi connectivity index (χ0) is 14.4. The summed E-state index contributed by atoms with van der Waals surface area (Å²) in [5.74, 6) is -3.68. The van der Waals surface area contributed by atoms with Gasteiger partial charge in [0.1, 0.15) is 5.78 Å². The summed E-state index contributed by atoms with van der Waals surface area (Å²) in [4.78, 5) is 33.2. The number of benzene rings is 1. The molecule has 1 aromatic carbocycles. The summed E-state index contributed by atoms with van der Waals surface area (Å²) in [5.41, 5.74) is -0.293. The van der Waals surface area contributed by atoms with Crippen LogP contribution in [0.5, 0.6) is 0 Å². The van der Waals surface area contributed by atoms with Crippen LogP contribution >= 0.6 is 0 Å². The lowest BCUT2D eigenvalue weighted by molar-refractivity contribution is -0.304. The fourth-order valence-corrected chi connectivity index (χ4v) is 1.56. The number of carbonyl (C=O) groups is 3. The Bertz CT molecular complexity index is 528. The van der Waals surface area contributed by atoms with Gasteiger partial charge in [0.2, 0.25) is 0 Å². The molecule has 0 radical (unpaired) electrons. The number of carboxylic acids is 2. The van der Waals surface area contributed by atoms with E-state index in [1.165, 1.54) is 0 Å². The summed E-state index contributed by atoms with van der Waals surface area (Å²) in [7, 11) is 0. The van der Waals surface area contributed by atoms with E-state index in [1.54, 1.807) is 30.3 Å². The molecule has 0 atom stereocenters. The summed E-state index contributed by atoms with van der Waals surface area (Å²) < 4.78 is 0. The number of carbonyl (C=O) groups excluding carboxylic acids is 3. The molecule has 0 bridgehead atoms. The van der Waals surface area contributed by atoms with Crippen molar-refractivity contribution in [2.45, 2.75) is 19.8 Å². The van der Waals surface area contributed by atoms with Crippen molar-refractivity contribution in [1.82, 2.24) is 0 Å². The summed E-state index contributed by atoms with van der Waals surface area (Å²) in [6.07, 6.45) is -0.449. The van der Waals surface area contributed by atoms with E-state index in [1.807, 2.05) is 0 Å². The van der Waals surface area contributed by atoms with E-state index in [4.69, 9.17) is 0 Å². The van der Waals surface area contributed by atoms with Crippen LogP contribution in [0, 0.1) is 0 Å². The molecule has 19 heavy (non-hydrogen) atoms. The highest BCUT2D eigenvalue weighted by atomic mass is 16.4. The topological polar surface area (TPSA) is 97.3 Å². The SMILES string of the molecule is C/C(C(=O)[O-])=C(/CC(=O)Cc1ccccc1)C(=O)[O-]. The zero-order valence-electron chi connectivity index (χ0n) is 10.3. The third kappa shape index (κ3) is 4.39. The van der Waals surface area contributed by atoms with Crippen LogP contribution in [0.1, 0.15) is 18.9 Å². The maximum atomic E-state index is 11.7. The number of hydrogen-bond acceptors (Lipinski definition) is 5. The Morgan fingerprint density at radius 2 is 1.58 bits per heavy atom. The number of hydrogen-bond donors (Lipinski definition) is 0. The van der Waals surface area contributed by atoms with Gasteiger partial charge in [0.05, 0.1) is 11.9 Å². The van der Waals surface area contributed by atoms with Gasteiger partial charge in [-0.25, -0.2) is 0 Å². The van der Waals surface area contributed by atoms with Crippen molar-refractivity contribution >= 4 is 17.7 Å². The summed E-state index contributed by atoms with van der Waals surface area (Å²) in [6.45, 7) is 1.08. The maximum absolute atomic E-state index is 11.7. The molecule has 1 aromatic rings. The Morgan fingerprint density at radius 1 is 1.00 bits per heavy atom. The fourth-order valence-electron chi connectivity index (χ4n) is 1.56. The van der Waals surface area contributed by atoms with Gasteiger partial charge < -0.3 is 19.8 Å². The molecule has 0 saturated carbocycles. The van der Waals surface area contributed by atoms with E-state index >= 15 is 0 Å². The molecule has 0 unspecified atom stereocenters. The molecule has 0 amide bonds. The minimum absolute atomic E-state index is 0.0396. The smallest absolute Gasteiger partial charge is 0.141 e. The third-order valence-corrected chi connectivity index (χ3v) is 2.62. The van der Waals surface area contributed by atoms with Crippen LogP contribution in [-0.2, 0) is 20.8 Å². The van der Waals surface area contributed by atoms with Crippen molar-refractivity contribution in [3.63, 3.8) is 0 Å². The number of Topliss-reactive ketones (excluding diaryl/α,β-unsaturated/α-hetero) is 1. The molecule has 0 saturated heterocycles. The molecule has 100 valence electrons. The van der Waals surface area contributed by atoms with Gasteiger partial charge in [-0.15, -0.1) is 0 Å². The van der Waals surface area contributed by atoms with Crippen LogP contribution in [-0.4, -0.2) is 17.7 Å². The Balaban J connectivity index is 2.82. The predicted octanol–water partition coefficient (Wildman–Crippen LogP) is -0.995. The van der Waals surface area contributed by atoms with E-state index in [0.717, 1.165) is 12.5 Å². The average Bonchev–Trinajstić information content (AvgIpc) is 2.36. The molecule has 0 aliphatic heterocycles. The largest absolute Gasteiger partial charge is 0.545 e. The van der Waals surface area contributed by atoms with Gasteiger partial charge in [0.25, 0.3) is 0 Å². The number of carboxylic acid groups (broad SMARTS) is 2. The maximum Gasteiger partial charge on any atom is 0.141 e. The molecular formula is C14H12O5-2. The lowest BCUT2D eigenvalue weighted by Crippen LogP contribution is -2.32. The van der Waals surface area contributed by atoms with Crippen molar-refractivity contribution in [3.05, 3.63) is 47.0 Å². The van der Waals surface area contributed by atoms with E-state index in [9.17, 15) is 24.6 Å². The Kier molecular flexibility index (Phi) is 5.00. The van der Waals surface area contributed by atoms with Crippen LogP contribution < -0.4 is 10.2 Å². The van der Waals surface area contributed by atoms with E-state index < -0.39 is 35.3 Å². The standard InChI is InChI=1S/C14H14O5/c1-9(13(16)17)12(14(18)19)8-11(15)7-10-5-3-2-4-6-10/h2-6H,7-8H2,1H3,(H,16,17)(H,18,19)/p-2/b12-9+. The highest BCUT2D eigenvalue weighted by Gasteiger charge is 2.11. The van der Waals surface area contributed by atoms with Crippen LogP contribution in [0.4, 0.5) is 0 Å². The van der Waals surface area contributed by atoms with Crippen LogP contribution in [0.25, 0.3) is 0 Å². The number of ketones is 1. The van der Waals surface area contributed by atoms with Gasteiger partial charge in [-0.3, -0.25) is 4.79 Å². The molecule has 0 aromatic heterocycles. The van der Waals surface area contributed by atoms with Gasteiger partial charge in [0.15, 0.2) is 0 Å². The quantitative estimate of drug-likeness (QED) is 0.611. The van der Waals surface area contributed by atoms with Crippen molar-refractivity contribution in [2.75, 3.05) is 0 Å². The first kappa shape index (κ1) is 14.6. The van der Waals surface area contributed by atoms with Crippen molar-refractivity contribution in [2.24, 2.45) is 0 Å². The van der Waals surface area contributed by atoms with E-state index in [-0.39, 0.29) is 6.42 Å². The number of aliphatic carboxylic acids is 2. The molecule has 0 spiro atoms. The molecule has 5 heteroatoms. The predicted molar refractivity (Wildman–Crippen MR) is 62.5 cm³/mol. The average molecular weight is 260 g/mol.